The van der Waals surface area contributed by atoms with Crippen molar-refractivity contribution in [2.24, 2.45) is 5.73 Å². The van der Waals surface area contributed by atoms with E-state index < -0.39 is 0 Å². The van der Waals surface area contributed by atoms with E-state index in [1.807, 2.05) is 6.07 Å². The number of nitrogen functional groups attached to an aromatic ring is 1. The molecule has 0 aliphatic carbocycles. The molecular formula is C7H10IN3. The van der Waals surface area contributed by atoms with Crippen LogP contribution >= 0.6 is 22.6 Å². The van der Waals surface area contributed by atoms with E-state index in [1.54, 1.807) is 6.20 Å². The molecule has 1 aromatic rings. The molecule has 0 spiro atoms. The van der Waals surface area contributed by atoms with Crippen molar-refractivity contribution in [1.82, 2.24) is 4.98 Å². The predicted molar refractivity (Wildman–Crippen MR) is 54.1 cm³/mol. The summed E-state index contributed by atoms with van der Waals surface area (Å²) in [6.45, 7) is 0.632. The average molecular weight is 263 g/mol. The summed E-state index contributed by atoms with van der Waals surface area (Å²) in [5.74, 6) is 0. The van der Waals surface area contributed by atoms with Crippen LogP contribution in [0.4, 0.5) is 5.69 Å². The van der Waals surface area contributed by atoms with Gasteiger partial charge in [-0.3, -0.25) is 4.98 Å². The molecule has 4 N–H and O–H groups in total. The Kier molecular flexibility index (Phi) is 3.07. The number of hydrogen-bond donors (Lipinski definition) is 2. The minimum atomic E-state index is 0.632. The molecule has 0 saturated carbocycles. The minimum Gasteiger partial charge on any atom is -0.397 e. The van der Waals surface area contributed by atoms with Gasteiger partial charge in [-0.2, -0.15) is 0 Å². The van der Waals surface area contributed by atoms with Crippen LogP contribution in [0.15, 0.2) is 12.3 Å². The van der Waals surface area contributed by atoms with E-state index in [4.69, 9.17) is 11.5 Å². The summed E-state index contributed by atoms with van der Waals surface area (Å²) in [4.78, 5) is 4.16. The second-order valence-electron chi connectivity index (χ2n) is 2.24. The third-order valence-electron chi connectivity index (χ3n) is 1.32. The number of hydrogen-bond acceptors (Lipinski definition) is 3. The molecule has 1 heterocycles. The third kappa shape index (κ3) is 2.30. The number of nitrogens with two attached hydrogens (primary N) is 2. The van der Waals surface area contributed by atoms with Crippen molar-refractivity contribution in [3.8, 4) is 0 Å². The van der Waals surface area contributed by atoms with Crippen LogP contribution in [0.1, 0.15) is 5.69 Å². The lowest BCUT2D eigenvalue weighted by Gasteiger charge is -2.01. The zero-order valence-electron chi connectivity index (χ0n) is 6.05. The molecule has 0 aliphatic heterocycles. The van der Waals surface area contributed by atoms with Gasteiger partial charge in [-0.15, -0.1) is 0 Å². The Balaban J connectivity index is 2.90. The van der Waals surface area contributed by atoms with Crippen LogP contribution in [-0.4, -0.2) is 11.5 Å². The maximum Gasteiger partial charge on any atom is 0.0551 e. The molecule has 0 aromatic carbocycles. The van der Waals surface area contributed by atoms with E-state index in [0.29, 0.717) is 12.2 Å². The van der Waals surface area contributed by atoms with Crippen LogP contribution in [0.3, 0.4) is 0 Å². The van der Waals surface area contributed by atoms with Crippen molar-refractivity contribution < 1.29 is 0 Å². The Hall–Kier alpha value is -0.360. The smallest absolute Gasteiger partial charge is 0.0551 e. The van der Waals surface area contributed by atoms with Crippen molar-refractivity contribution in [2.45, 2.75) is 6.42 Å². The monoisotopic (exact) mass is 263 g/mol. The molecule has 0 fully saturated rings. The van der Waals surface area contributed by atoms with Crippen molar-refractivity contribution in [1.29, 1.82) is 0 Å². The molecular weight excluding hydrogens is 253 g/mol. The van der Waals surface area contributed by atoms with Crippen molar-refractivity contribution in [3.63, 3.8) is 0 Å². The van der Waals surface area contributed by atoms with Gasteiger partial charge in [-0.25, -0.2) is 0 Å². The van der Waals surface area contributed by atoms with Gasteiger partial charge >= 0.3 is 0 Å². The highest BCUT2D eigenvalue weighted by Gasteiger charge is 1.99. The second kappa shape index (κ2) is 3.87. The van der Waals surface area contributed by atoms with E-state index in [9.17, 15) is 0 Å². The van der Waals surface area contributed by atoms with Gasteiger partial charge in [0.1, 0.15) is 0 Å². The van der Waals surface area contributed by atoms with E-state index in [1.165, 1.54) is 0 Å². The fourth-order valence-corrected chi connectivity index (χ4v) is 1.57. The third-order valence-corrected chi connectivity index (χ3v) is 2.25. The average Bonchev–Trinajstić information content (AvgIpc) is 1.95. The highest BCUT2D eigenvalue weighted by atomic mass is 127. The molecule has 1 aromatic heterocycles. The van der Waals surface area contributed by atoms with Gasteiger partial charge in [-0.05, 0) is 35.2 Å². The largest absolute Gasteiger partial charge is 0.397 e. The Morgan fingerprint density at radius 2 is 2.27 bits per heavy atom. The van der Waals surface area contributed by atoms with Gasteiger partial charge in [0.25, 0.3) is 0 Å². The van der Waals surface area contributed by atoms with Crippen LogP contribution in [0.2, 0.25) is 0 Å². The molecule has 1 rings (SSSR count). The van der Waals surface area contributed by atoms with Gasteiger partial charge in [-0.1, -0.05) is 0 Å². The van der Waals surface area contributed by atoms with Crippen molar-refractivity contribution >= 4 is 28.3 Å². The quantitative estimate of drug-likeness (QED) is 0.774. The molecule has 0 saturated heterocycles. The molecule has 60 valence electrons. The number of halogens is 1. The summed E-state index contributed by atoms with van der Waals surface area (Å²) >= 11 is 2.21. The molecule has 4 heteroatoms. The SMILES string of the molecule is NCCc1ncc(N)cc1I. The number of pyridine rings is 1. The van der Waals surface area contributed by atoms with Crippen LogP contribution in [-0.2, 0) is 6.42 Å². The molecule has 0 amide bonds. The Labute approximate surface area is 79.3 Å². The Morgan fingerprint density at radius 3 is 2.82 bits per heavy atom. The zero-order valence-corrected chi connectivity index (χ0v) is 8.21. The lowest BCUT2D eigenvalue weighted by Crippen LogP contribution is -2.06. The molecule has 0 radical (unpaired) electrons. The van der Waals surface area contributed by atoms with Crippen molar-refractivity contribution in [2.75, 3.05) is 12.3 Å². The minimum absolute atomic E-state index is 0.632. The predicted octanol–water partition coefficient (Wildman–Crippen LogP) is 0.770. The molecule has 0 unspecified atom stereocenters. The lowest BCUT2D eigenvalue weighted by atomic mass is 10.2. The summed E-state index contributed by atoms with van der Waals surface area (Å²) < 4.78 is 1.09. The molecule has 0 atom stereocenters. The first kappa shape index (κ1) is 8.73. The van der Waals surface area contributed by atoms with E-state index in [0.717, 1.165) is 15.7 Å². The first-order valence-corrected chi connectivity index (χ1v) is 4.42. The summed E-state index contributed by atoms with van der Waals surface area (Å²) in [6.07, 6.45) is 2.48. The lowest BCUT2D eigenvalue weighted by molar-refractivity contribution is 0.916. The van der Waals surface area contributed by atoms with Gasteiger partial charge in [0.15, 0.2) is 0 Å². The summed E-state index contributed by atoms with van der Waals surface area (Å²) in [5.41, 5.74) is 12.7. The molecule has 0 bridgehead atoms. The topological polar surface area (TPSA) is 64.9 Å². The fourth-order valence-electron chi connectivity index (χ4n) is 0.802. The van der Waals surface area contributed by atoms with Crippen molar-refractivity contribution in [3.05, 3.63) is 21.5 Å². The van der Waals surface area contributed by atoms with Gasteiger partial charge in [0.05, 0.1) is 17.6 Å². The highest BCUT2D eigenvalue weighted by molar-refractivity contribution is 14.1. The fraction of sp³-hybridized carbons (Fsp3) is 0.286. The Morgan fingerprint density at radius 1 is 1.55 bits per heavy atom. The van der Waals surface area contributed by atoms with E-state index >= 15 is 0 Å². The first-order chi connectivity index (χ1) is 5.24. The van der Waals surface area contributed by atoms with Gasteiger partial charge < -0.3 is 11.5 Å². The van der Waals surface area contributed by atoms with Crippen LogP contribution < -0.4 is 11.5 Å². The van der Waals surface area contributed by atoms with Crippen LogP contribution in [0.25, 0.3) is 0 Å². The number of nitrogens with zero attached hydrogens (tertiary/aromatic N) is 1. The normalized spacial score (nSPS) is 10.0. The second-order valence-corrected chi connectivity index (χ2v) is 3.40. The summed E-state index contributed by atoms with van der Waals surface area (Å²) in [5, 5.41) is 0. The number of anilines is 1. The highest BCUT2D eigenvalue weighted by Crippen LogP contribution is 2.12. The van der Waals surface area contributed by atoms with Crippen LogP contribution in [0, 0.1) is 3.57 Å². The molecule has 0 aliphatic rings. The summed E-state index contributed by atoms with van der Waals surface area (Å²) in [7, 11) is 0. The maximum absolute atomic E-state index is 5.53. The standard InChI is InChI=1S/C7H10IN3/c8-6-3-5(10)4-11-7(6)1-2-9/h3-4H,1-2,9-10H2. The Bertz CT molecular complexity index is 249. The van der Waals surface area contributed by atoms with Gasteiger partial charge in [0.2, 0.25) is 0 Å². The first-order valence-electron chi connectivity index (χ1n) is 3.34. The maximum atomic E-state index is 5.53. The zero-order chi connectivity index (χ0) is 8.27. The molecule has 3 nitrogen and oxygen atoms in total. The van der Waals surface area contributed by atoms with E-state index in [2.05, 4.69) is 27.6 Å². The van der Waals surface area contributed by atoms with Crippen LogP contribution in [0.5, 0.6) is 0 Å². The number of aromatic nitrogens is 1. The molecule has 11 heavy (non-hydrogen) atoms. The van der Waals surface area contributed by atoms with E-state index in [-0.39, 0.29) is 0 Å². The summed E-state index contributed by atoms with van der Waals surface area (Å²) in [6, 6.07) is 1.90. The number of rotatable bonds is 2. The van der Waals surface area contributed by atoms with Gasteiger partial charge in [0, 0.05) is 9.99 Å².